The van der Waals surface area contributed by atoms with Crippen molar-refractivity contribution in [2.24, 2.45) is 10.7 Å². The SMILES string of the molecule is NC1=NC(=O)/C(=C\c2ccc(OC(=O)c3ccco3)cc2)S1. The smallest absolute Gasteiger partial charge is 0.379 e. The van der Waals surface area contributed by atoms with E-state index in [2.05, 4.69) is 4.99 Å². The highest BCUT2D eigenvalue weighted by atomic mass is 32.2. The van der Waals surface area contributed by atoms with Crippen LogP contribution in [0.2, 0.25) is 0 Å². The van der Waals surface area contributed by atoms with Crippen LogP contribution in [0.5, 0.6) is 5.75 Å². The Morgan fingerprint density at radius 2 is 2.05 bits per heavy atom. The normalized spacial score (nSPS) is 15.9. The second kappa shape index (κ2) is 5.90. The van der Waals surface area contributed by atoms with Gasteiger partial charge in [0.15, 0.2) is 5.17 Å². The number of carbonyl (C=O) groups excluding carboxylic acids is 2. The number of esters is 1. The molecule has 1 amide bonds. The molecule has 1 aromatic heterocycles. The van der Waals surface area contributed by atoms with Crippen LogP contribution in [0.4, 0.5) is 0 Å². The number of hydrogen-bond acceptors (Lipinski definition) is 6. The van der Waals surface area contributed by atoms with Crippen molar-refractivity contribution in [1.82, 2.24) is 0 Å². The van der Waals surface area contributed by atoms with Gasteiger partial charge in [0.1, 0.15) is 5.75 Å². The third-order valence-electron chi connectivity index (χ3n) is 2.75. The highest BCUT2D eigenvalue weighted by Gasteiger charge is 2.19. The standard InChI is InChI=1S/C15H10N2O4S/c16-15-17-13(18)12(22-15)8-9-3-5-10(6-4-9)21-14(19)11-2-1-7-20-11/h1-8H,(H2,16,17,18)/b12-8+. The van der Waals surface area contributed by atoms with Crippen LogP contribution < -0.4 is 10.5 Å². The third-order valence-corrected chi connectivity index (χ3v) is 3.56. The molecule has 2 N–H and O–H groups in total. The molecule has 0 fully saturated rings. The third kappa shape index (κ3) is 3.09. The van der Waals surface area contributed by atoms with Crippen molar-refractivity contribution in [3.63, 3.8) is 0 Å². The molecular weight excluding hydrogens is 304 g/mol. The first-order valence-corrected chi connectivity index (χ1v) is 7.07. The van der Waals surface area contributed by atoms with Crippen molar-refractivity contribution in [2.45, 2.75) is 0 Å². The molecule has 1 aromatic carbocycles. The summed E-state index contributed by atoms with van der Waals surface area (Å²) in [6.45, 7) is 0. The molecule has 0 unspecified atom stereocenters. The van der Waals surface area contributed by atoms with Gasteiger partial charge in [0, 0.05) is 0 Å². The van der Waals surface area contributed by atoms with Crippen molar-refractivity contribution >= 4 is 34.9 Å². The van der Waals surface area contributed by atoms with E-state index < -0.39 is 5.97 Å². The van der Waals surface area contributed by atoms with E-state index in [1.165, 1.54) is 12.3 Å². The Balaban J connectivity index is 1.70. The first-order chi connectivity index (χ1) is 10.6. The van der Waals surface area contributed by atoms with E-state index in [0.717, 1.165) is 17.3 Å². The van der Waals surface area contributed by atoms with Crippen molar-refractivity contribution < 1.29 is 18.7 Å². The molecule has 0 atom stereocenters. The summed E-state index contributed by atoms with van der Waals surface area (Å²) in [7, 11) is 0. The van der Waals surface area contributed by atoms with Crippen molar-refractivity contribution in [2.75, 3.05) is 0 Å². The molecule has 7 heteroatoms. The Hall–Kier alpha value is -2.80. The number of rotatable bonds is 3. The Labute approximate surface area is 129 Å². The number of amides is 1. The Morgan fingerprint density at radius 3 is 2.64 bits per heavy atom. The maximum Gasteiger partial charge on any atom is 0.379 e. The number of hydrogen-bond donors (Lipinski definition) is 1. The second-order valence-electron chi connectivity index (χ2n) is 4.30. The predicted molar refractivity (Wildman–Crippen MR) is 82.3 cm³/mol. The fourth-order valence-electron chi connectivity index (χ4n) is 1.76. The Kier molecular flexibility index (Phi) is 3.80. The van der Waals surface area contributed by atoms with Crippen LogP contribution in [0.1, 0.15) is 16.1 Å². The van der Waals surface area contributed by atoms with Crippen LogP contribution in [0.25, 0.3) is 6.08 Å². The lowest BCUT2D eigenvalue weighted by Gasteiger charge is -2.02. The predicted octanol–water partition coefficient (Wildman–Crippen LogP) is 2.43. The molecule has 0 saturated carbocycles. The maximum absolute atomic E-state index is 11.7. The van der Waals surface area contributed by atoms with Gasteiger partial charge in [-0.25, -0.2) is 4.79 Å². The van der Waals surface area contributed by atoms with Gasteiger partial charge in [-0.1, -0.05) is 12.1 Å². The van der Waals surface area contributed by atoms with Gasteiger partial charge >= 0.3 is 5.97 Å². The fraction of sp³-hybridized carbons (Fsp3) is 0. The molecule has 6 nitrogen and oxygen atoms in total. The van der Waals surface area contributed by atoms with E-state index in [4.69, 9.17) is 14.9 Å². The van der Waals surface area contributed by atoms with Gasteiger partial charge in [0.25, 0.3) is 5.91 Å². The number of nitrogens with zero attached hydrogens (tertiary/aromatic N) is 1. The van der Waals surface area contributed by atoms with E-state index in [-0.39, 0.29) is 16.8 Å². The number of benzene rings is 1. The van der Waals surface area contributed by atoms with Gasteiger partial charge in [-0.15, -0.1) is 0 Å². The molecule has 0 radical (unpaired) electrons. The average molecular weight is 314 g/mol. The zero-order valence-electron chi connectivity index (χ0n) is 11.2. The number of thioether (sulfide) groups is 1. The minimum Gasteiger partial charge on any atom is -0.457 e. The molecule has 3 rings (SSSR count). The highest BCUT2D eigenvalue weighted by molar-refractivity contribution is 8.18. The molecular formula is C15H10N2O4S. The summed E-state index contributed by atoms with van der Waals surface area (Å²) in [6, 6.07) is 9.83. The first-order valence-electron chi connectivity index (χ1n) is 6.25. The molecule has 0 saturated heterocycles. The Bertz CT molecular complexity index is 776. The second-order valence-corrected chi connectivity index (χ2v) is 5.36. The summed E-state index contributed by atoms with van der Waals surface area (Å²) in [4.78, 5) is 27.3. The van der Waals surface area contributed by atoms with Crippen molar-refractivity contribution in [3.8, 4) is 5.75 Å². The van der Waals surface area contributed by atoms with E-state index in [1.54, 1.807) is 36.4 Å². The molecule has 1 aliphatic rings. The summed E-state index contributed by atoms with van der Waals surface area (Å²) in [6.07, 6.45) is 3.07. The van der Waals surface area contributed by atoms with Crippen molar-refractivity contribution in [3.05, 3.63) is 58.9 Å². The van der Waals surface area contributed by atoms with Crippen molar-refractivity contribution in [1.29, 1.82) is 0 Å². The summed E-state index contributed by atoms with van der Waals surface area (Å²) in [5.41, 5.74) is 6.26. The van der Waals surface area contributed by atoms with Crippen LogP contribution in [0, 0.1) is 0 Å². The number of carbonyl (C=O) groups is 2. The average Bonchev–Trinajstić information content (AvgIpc) is 3.12. The van der Waals surface area contributed by atoms with Gasteiger partial charge in [-0.05, 0) is 47.7 Å². The summed E-state index contributed by atoms with van der Waals surface area (Å²) >= 11 is 1.12. The zero-order chi connectivity index (χ0) is 15.5. The molecule has 22 heavy (non-hydrogen) atoms. The number of aliphatic imine (C=N–C) groups is 1. The number of amidine groups is 1. The van der Waals surface area contributed by atoms with Crippen LogP contribution in [-0.4, -0.2) is 17.0 Å². The number of nitrogens with two attached hydrogens (primary N) is 1. The van der Waals surface area contributed by atoms with Gasteiger partial charge in [0.2, 0.25) is 5.76 Å². The fourth-order valence-corrected chi connectivity index (χ4v) is 2.44. The summed E-state index contributed by atoms with van der Waals surface area (Å²) in [5, 5.41) is 0.236. The maximum atomic E-state index is 11.7. The largest absolute Gasteiger partial charge is 0.457 e. The lowest BCUT2D eigenvalue weighted by atomic mass is 10.2. The van der Waals surface area contributed by atoms with Gasteiger partial charge < -0.3 is 14.9 Å². The van der Waals surface area contributed by atoms with Gasteiger partial charge in [-0.2, -0.15) is 4.99 Å². The van der Waals surface area contributed by atoms with Crippen LogP contribution in [0.15, 0.2) is 57.0 Å². The molecule has 2 aromatic rings. The molecule has 110 valence electrons. The lowest BCUT2D eigenvalue weighted by molar-refractivity contribution is -0.113. The van der Waals surface area contributed by atoms with Gasteiger partial charge in [0.05, 0.1) is 11.2 Å². The molecule has 0 bridgehead atoms. The van der Waals surface area contributed by atoms with Crippen LogP contribution >= 0.6 is 11.8 Å². The van der Waals surface area contributed by atoms with E-state index in [1.807, 2.05) is 0 Å². The van der Waals surface area contributed by atoms with Crippen LogP contribution in [-0.2, 0) is 4.79 Å². The topological polar surface area (TPSA) is 94.9 Å². The summed E-state index contributed by atoms with van der Waals surface area (Å²) < 4.78 is 10.1. The first kappa shape index (κ1) is 14.2. The molecule has 1 aliphatic heterocycles. The van der Waals surface area contributed by atoms with E-state index in [9.17, 15) is 9.59 Å². The zero-order valence-corrected chi connectivity index (χ0v) is 12.0. The van der Waals surface area contributed by atoms with E-state index in [0.29, 0.717) is 10.7 Å². The van der Waals surface area contributed by atoms with Crippen LogP contribution in [0.3, 0.4) is 0 Å². The quantitative estimate of drug-likeness (QED) is 0.531. The lowest BCUT2D eigenvalue weighted by Crippen LogP contribution is -2.06. The Morgan fingerprint density at radius 1 is 1.27 bits per heavy atom. The summed E-state index contributed by atoms with van der Waals surface area (Å²) in [5.74, 6) is -0.411. The highest BCUT2D eigenvalue weighted by Crippen LogP contribution is 2.26. The number of ether oxygens (including phenoxy) is 1. The minimum absolute atomic E-state index is 0.131. The monoisotopic (exact) mass is 314 g/mol. The van der Waals surface area contributed by atoms with E-state index >= 15 is 0 Å². The molecule has 2 heterocycles. The molecule has 0 aliphatic carbocycles. The molecule has 0 spiro atoms. The minimum atomic E-state index is -0.571. The number of furan rings is 1. The van der Waals surface area contributed by atoms with Gasteiger partial charge in [-0.3, -0.25) is 4.79 Å².